The molecule has 4 nitrogen and oxygen atoms in total. The number of aromatic nitrogens is 2. The predicted octanol–water partition coefficient (Wildman–Crippen LogP) is 4.74. The smallest absolute Gasteiger partial charge is 0.161 e. The number of aliphatic imine (C=N–C) groups is 1. The SMILES string of the molecule is Cc1cccc(-c2ncc(C)c(Nc3cc4c(cc3C)CN=C4)n2)c1. The lowest BCUT2D eigenvalue weighted by Gasteiger charge is -2.13. The van der Waals surface area contributed by atoms with Gasteiger partial charge in [0, 0.05) is 29.2 Å². The predicted molar refractivity (Wildman–Crippen MR) is 103 cm³/mol. The normalized spacial score (nSPS) is 12.3. The van der Waals surface area contributed by atoms with Crippen LogP contribution in [0.2, 0.25) is 0 Å². The molecule has 1 aliphatic rings. The summed E-state index contributed by atoms with van der Waals surface area (Å²) in [6, 6.07) is 12.6. The third-order valence-electron chi connectivity index (χ3n) is 4.48. The Hall–Kier alpha value is -3.01. The number of nitrogens with zero attached hydrogens (tertiary/aromatic N) is 3. The fraction of sp³-hybridized carbons (Fsp3) is 0.190. The zero-order valence-corrected chi connectivity index (χ0v) is 14.7. The molecule has 0 spiro atoms. The molecule has 0 unspecified atom stereocenters. The molecule has 1 aromatic heterocycles. The molecule has 0 radical (unpaired) electrons. The fourth-order valence-electron chi connectivity index (χ4n) is 3.04. The van der Waals surface area contributed by atoms with Gasteiger partial charge in [-0.15, -0.1) is 0 Å². The first-order chi connectivity index (χ1) is 12.1. The van der Waals surface area contributed by atoms with Crippen LogP contribution >= 0.6 is 0 Å². The van der Waals surface area contributed by atoms with Gasteiger partial charge in [0.15, 0.2) is 5.82 Å². The summed E-state index contributed by atoms with van der Waals surface area (Å²) in [7, 11) is 0. The van der Waals surface area contributed by atoms with Gasteiger partial charge in [0.05, 0.1) is 6.54 Å². The molecule has 4 rings (SSSR count). The second kappa shape index (κ2) is 6.13. The van der Waals surface area contributed by atoms with Gasteiger partial charge in [0.2, 0.25) is 0 Å². The number of anilines is 2. The lowest BCUT2D eigenvalue weighted by Crippen LogP contribution is -2.02. The highest BCUT2D eigenvalue weighted by Crippen LogP contribution is 2.28. The monoisotopic (exact) mass is 328 g/mol. The van der Waals surface area contributed by atoms with Crippen LogP contribution in [0.5, 0.6) is 0 Å². The summed E-state index contributed by atoms with van der Waals surface area (Å²) < 4.78 is 0. The van der Waals surface area contributed by atoms with Crippen LogP contribution in [0.4, 0.5) is 11.5 Å². The Morgan fingerprint density at radius 2 is 1.88 bits per heavy atom. The van der Waals surface area contributed by atoms with E-state index in [2.05, 4.69) is 53.4 Å². The minimum Gasteiger partial charge on any atom is -0.340 e. The average molecular weight is 328 g/mol. The van der Waals surface area contributed by atoms with Crippen molar-refractivity contribution < 1.29 is 0 Å². The van der Waals surface area contributed by atoms with Gasteiger partial charge in [-0.1, -0.05) is 29.8 Å². The Morgan fingerprint density at radius 3 is 2.72 bits per heavy atom. The van der Waals surface area contributed by atoms with Crippen LogP contribution in [-0.4, -0.2) is 16.2 Å². The number of hydrogen-bond donors (Lipinski definition) is 1. The fourth-order valence-corrected chi connectivity index (χ4v) is 3.04. The van der Waals surface area contributed by atoms with Gasteiger partial charge in [-0.2, -0.15) is 0 Å². The highest BCUT2D eigenvalue weighted by molar-refractivity contribution is 5.87. The molecule has 1 N–H and O–H groups in total. The van der Waals surface area contributed by atoms with E-state index >= 15 is 0 Å². The van der Waals surface area contributed by atoms with Crippen molar-refractivity contribution in [3.8, 4) is 11.4 Å². The Kier molecular flexibility index (Phi) is 3.80. The summed E-state index contributed by atoms with van der Waals surface area (Å²) in [6.07, 6.45) is 3.81. The lowest BCUT2D eigenvalue weighted by atomic mass is 10.0. The number of nitrogens with one attached hydrogen (secondary N) is 1. The molecule has 4 heteroatoms. The molecule has 3 aromatic rings. The van der Waals surface area contributed by atoms with Gasteiger partial charge in [0.25, 0.3) is 0 Å². The van der Waals surface area contributed by atoms with Crippen LogP contribution in [0.15, 0.2) is 47.6 Å². The van der Waals surface area contributed by atoms with Crippen molar-refractivity contribution in [1.29, 1.82) is 0 Å². The van der Waals surface area contributed by atoms with Gasteiger partial charge in [0.1, 0.15) is 5.82 Å². The first-order valence-corrected chi connectivity index (χ1v) is 8.41. The molecule has 25 heavy (non-hydrogen) atoms. The third kappa shape index (κ3) is 3.03. The van der Waals surface area contributed by atoms with Crippen LogP contribution in [0, 0.1) is 20.8 Å². The van der Waals surface area contributed by atoms with Crippen molar-refractivity contribution in [2.24, 2.45) is 4.99 Å². The van der Waals surface area contributed by atoms with Crippen molar-refractivity contribution in [2.75, 3.05) is 5.32 Å². The topological polar surface area (TPSA) is 50.2 Å². The maximum atomic E-state index is 4.76. The zero-order valence-electron chi connectivity index (χ0n) is 14.7. The van der Waals surface area contributed by atoms with Gasteiger partial charge < -0.3 is 5.32 Å². The van der Waals surface area contributed by atoms with Crippen molar-refractivity contribution in [2.45, 2.75) is 27.3 Å². The third-order valence-corrected chi connectivity index (χ3v) is 4.48. The summed E-state index contributed by atoms with van der Waals surface area (Å²) in [5.41, 5.74) is 7.96. The maximum Gasteiger partial charge on any atom is 0.161 e. The summed E-state index contributed by atoms with van der Waals surface area (Å²) >= 11 is 0. The largest absolute Gasteiger partial charge is 0.340 e. The zero-order chi connectivity index (χ0) is 17.4. The number of fused-ring (bicyclic) bond motifs is 1. The van der Waals surface area contributed by atoms with Crippen LogP contribution in [0.1, 0.15) is 27.8 Å². The van der Waals surface area contributed by atoms with E-state index in [0.29, 0.717) is 0 Å². The molecule has 0 aliphatic carbocycles. The van der Waals surface area contributed by atoms with E-state index < -0.39 is 0 Å². The average Bonchev–Trinajstić information content (AvgIpc) is 3.04. The Labute approximate surface area is 147 Å². The molecule has 0 saturated carbocycles. The van der Waals surface area contributed by atoms with Crippen molar-refractivity contribution in [3.05, 3.63) is 70.4 Å². The molecule has 124 valence electrons. The van der Waals surface area contributed by atoms with Gasteiger partial charge in [-0.25, -0.2) is 9.97 Å². The van der Waals surface area contributed by atoms with Crippen LogP contribution in [0.3, 0.4) is 0 Å². The molecule has 2 aromatic carbocycles. The minimum atomic E-state index is 0.733. The molecule has 1 aliphatic heterocycles. The summed E-state index contributed by atoms with van der Waals surface area (Å²) in [5, 5.41) is 3.48. The Morgan fingerprint density at radius 1 is 1.00 bits per heavy atom. The van der Waals surface area contributed by atoms with E-state index in [-0.39, 0.29) is 0 Å². The Bertz CT molecular complexity index is 989. The van der Waals surface area contributed by atoms with E-state index in [9.17, 15) is 0 Å². The van der Waals surface area contributed by atoms with Crippen molar-refractivity contribution >= 4 is 17.7 Å². The molecule has 0 atom stereocenters. The Balaban J connectivity index is 1.71. The summed E-state index contributed by atoms with van der Waals surface area (Å²) in [6.45, 7) is 6.98. The molecule has 0 saturated heterocycles. The minimum absolute atomic E-state index is 0.733. The van der Waals surface area contributed by atoms with Gasteiger partial charge >= 0.3 is 0 Å². The van der Waals surface area contributed by atoms with Crippen molar-refractivity contribution in [3.63, 3.8) is 0 Å². The molecule has 0 amide bonds. The van der Waals surface area contributed by atoms with E-state index in [1.54, 1.807) is 0 Å². The summed E-state index contributed by atoms with van der Waals surface area (Å²) in [4.78, 5) is 13.6. The highest BCUT2D eigenvalue weighted by atomic mass is 15.0. The number of benzene rings is 2. The van der Waals surface area contributed by atoms with Crippen molar-refractivity contribution in [1.82, 2.24) is 9.97 Å². The maximum absolute atomic E-state index is 4.76. The summed E-state index contributed by atoms with van der Waals surface area (Å²) in [5.74, 6) is 1.57. The molecule has 0 bridgehead atoms. The van der Waals surface area contributed by atoms with Crippen LogP contribution < -0.4 is 5.32 Å². The van der Waals surface area contributed by atoms with E-state index in [1.807, 2.05) is 31.5 Å². The van der Waals surface area contributed by atoms with Gasteiger partial charge in [-0.3, -0.25) is 4.99 Å². The molecule has 2 heterocycles. The molecule has 0 fully saturated rings. The lowest BCUT2D eigenvalue weighted by molar-refractivity contribution is 1.10. The number of aryl methyl sites for hydroxylation is 3. The second-order valence-corrected chi connectivity index (χ2v) is 6.56. The first-order valence-electron chi connectivity index (χ1n) is 8.41. The second-order valence-electron chi connectivity index (χ2n) is 6.56. The van der Waals surface area contributed by atoms with E-state index in [4.69, 9.17) is 4.98 Å². The number of hydrogen-bond acceptors (Lipinski definition) is 4. The first kappa shape index (κ1) is 15.5. The van der Waals surface area contributed by atoms with Crippen LogP contribution in [0.25, 0.3) is 11.4 Å². The standard InChI is InChI=1S/C21H20N4/c1-13-5-4-6-16(7-13)21-23-10-15(3)20(25-21)24-19-9-18-12-22-11-17(18)8-14(19)2/h4-10,12H,11H2,1-3H3,(H,23,24,25). The molecular formula is C21H20N4. The van der Waals surface area contributed by atoms with Gasteiger partial charge in [-0.05, 0) is 49.6 Å². The number of rotatable bonds is 3. The molecular weight excluding hydrogens is 308 g/mol. The van der Waals surface area contributed by atoms with E-state index in [1.165, 1.54) is 22.3 Å². The highest BCUT2D eigenvalue weighted by Gasteiger charge is 2.12. The quantitative estimate of drug-likeness (QED) is 0.755. The van der Waals surface area contributed by atoms with E-state index in [0.717, 1.165) is 35.0 Å². The van der Waals surface area contributed by atoms with Crippen LogP contribution in [-0.2, 0) is 6.54 Å².